The molecule has 1 aliphatic rings. The molecule has 0 spiro atoms. The summed E-state index contributed by atoms with van der Waals surface area (Å²) < 4.78 is 0. The first-order valence-electron chi connectivity index (χ1n) is 4.94. The van der Waals surface area contributed by atoms with Crippen LogP contribution in [-0.4, -0.2) is 18.5 Å². The summed E-state index contributed by atoms with van der Waals surface area (Å²) in [7, 11) is 2.19. The van der Waals surface area contributed by atoms with Crippen LogP contribution in [-0.2, 0) is 13.0 Å². The van der Waals surface area contributed by atoms with Crippen LogP contribution >= 0.6 is 0 Å². The van der Waals surface area contributed by atoms with E-state index in [1.165, 1.54) is 29.7 Å². The molecule has 0 bridgehead atoms. The third kappa shape index (κ3) is 1.61. The van der Waals surface area contributed by atoms with Crippen LogP contribution in [0.1, 0.15) is 22.3 Å². The zero-order valence-corrected chi connectivity index (χ0v) is 8.72. The number of benzene rings is 1. The maximum Gasteiger partial charge on any atom is 0.0233 e. The Morgan fingerprint density at radius 1 is 1.08 bits per heavy atom. The zero-order chi connectivity index (χ0) is 9.42. The van der Waals surface area contributed by atoms with Gasteiger partial charge in [-0.1, -0.05) is 12.1 Å². The first-order chi connectivity index (χ1) is 6.16. The van der Waals surface area contributed by atoms with E-state index in [0.717, 1.165) is 6.54 Å². The van der Waals surface area contributed by atoms with E-state index in [4.69, 9.17) is 0 Å². The number of nitrogens with zero attached hydrogens (tertiary/aromatic N) is 1. The van der Waals surface area contributed by atoms with Crippen molar-refractivity contribution in [2.45, 2.75) is 26.8 Å². The third-order valence-electron chi connectivity index (χ3n) is 3.02. The highest BCUT2D eigenvalue weighted by Gasteiger charge is 2.13. The summed E-state index contributed by atoms with van der Waals surface area (Å²) in [5, 5.41) is 0. The van der Waals surface area contributed by atoms with Crippen LogP contribution in [0.15, 0.2) is 12.1 Å². The van der Waals surface area contributed by atoms with Gasteiger partial charge in [0, 0.05) is 13.1 Å². The van der Waals surface area contributed by atoms with Gasteiger partial charge in [-0.3, -0.25) is 0 Å². The van der Waals surface area contributed by atoms with E-state index >= 15 is 0 Å². The smallest absolute Gasteiger partial charge is 0.0233 e. The normalized spacial score (nSPS) is 17.2. The number of aryl methyl sites for hydroxylation is 2. The van der Waals surface area contributed by atoms with Crippen LogP contribution < -0.4 is 0 Å². The molecule has 0 N–H and O–H groups in total. The summed E-state index contributed by atoms with van der Waals surface area (Å²) in [5.74, 6) is 0. The SMILES string of the molecule is Cc1cc2c(cc1C)CN(C)CC2. The molecule has 13 heavy (non-hydrogen) atoms. The Kier molecular flexibility index (Phi) is 2.12. The van der Waals surface area contributed by atoms with E-state index < -0.39 is 0 Å². The average molecular weight is 175 g/mol. The molecule has 2 rings (SSSR count). The van der Waals surface area contributed by atoms with Crippen LogP contribution in [0.5, 0.6) is 0 Å². The van der Waals surface area contributed by atoms with Crippen LogP contribution in [0.3, 0.4) is 0 Å². The molecule has 0 radical (unpaired) electrons. The number of hydrogen-bond donors (Lipinski definition) is 0. The summed E-state index contributed by atoms with van der Waals surface area (Å²) >= 11 is 0. The lowest BCUT2D eigenvalue weighted by molar-refractivity contribution is 0.313. The molecule has 0 unspecified atom stereocenters. The molecule has 1 heterocycles. The molecule has 1 nitrogen and oxygen atoms in total. The zero-order valence-electron chi connectivity index (χ0n) is 8.72. The van der Waals surface area contributed by atoms with E-state index in [1.807, 2.05) is 0 Å². The molecule has 1 heteroatoms. The number of hydrogen-bond acceptors (Lipinski definition) is 1. The summed E-state index contributed by atoms with van der Waals surface area (Å²) in [5.41, 5.74) is 5.94. The predicted molar refractivity (Wildman–Crippen MR) is 56.0 cm³/mol. The maximum atomic E-state index is 2.39. The molecule has 0 fully saturated rings. The lowest BCUT2D eigenvalue weighted by Gasteiger charge is -2.25. The lowest BCUT2D eigenvalue weighted by Crippen LogP contribution is -2.26. The Balaban J connectivity index is 2.43. The highest BCUT2D eigenvalue weighted by Crippen LogP contribution is 2.21. The van der Waals surface area contributed by atoms with Crippen LogP contribution in [0.2, 0.25) is 0 Å². The van der Waals surface area contributed by atoms with Crippen molar-refractivity contribution in [3.05, 3.63) is 34.4 Å². The fourth-order valence-corrected chi connectivity index (χ4v) is 2.00. The second kappa shape index (κ2) is 3.15. The number of likely N-dealkylation sites (N-methyl/N-ethyl adjacent to an activating group) is 1. The monoisotopic (exact) mass is 175 g/mol. The Morgan fingerprint density at radius 3 is 2.38 bits per heavy atom. The van der Waals surface area contributed by atoms with Gasteiger partial charge in [-0.25, -0.2) is 0 Å². The van der Waals surface area contributed by atoms with Crippen molar-refractivity contribution < 1.29 is 0 Å². The highest BCUT2D eigenvalue weighted by molar-refractivity contribution is 5.38. The molecule has 0 amide bonds. The van der Waals surface area contributed by atoms with E-state index in [9.17, 15) is 0 Å². The van der Waals surface area contributed by atoms with Gasteiger partial charge in [0.15, 0.2) is 0 Å². The maximum absolute atomic E-state index is 2.39. The molecule has 0 aromatic heterocycles. The largest absolute Gasteiger partial charge is 0.302 e. The van der Waals surface area contributed by atoms with Crippen LogP contribution in [0.4, 0.5) is 0 Å². The molecule has 1 aromatic rings. The number of fused-ring (bicyclic) bond motifs is 1. The van der Waals surface area contributed by atoms with Gasteiger partial charge in [0.1, 0.15) is 0 Å². The lowest BCUT2D eigenvalue weighted by atomic mass is 9.95. The molecule has 0 atom stereocenters. The van der Waals surface area contributed by atoms with Crippen molar-refractivity contribution in [3.63, 3.8) is 0 Å². The van der Waals surface area contributed by atoms with Crippen molar-refractivity contribution in [2.75, 3.05) is 13.6 Å². The molecule has 0 aliphatic carbocycles. The summed E-state index contributed by atoms with van der Waals surface area (Å²) in [6.45, 7) is 6.73. The van der Waals surface area contributed by atoms with Crippen molar-refractivity contribution in [2.24, 2.45) is 0 Å². The van der Waals surface area contributed by atoms with E-state index in [2.05, 4.69) is 37.9 Å². The number of rotatable bonds is 0. The minimum Gasteiger partial charge on any atom is -0.302 e. The molecular weight excluding hydrogens is 158 g/mol. The minimum atomic E-state index is 1.12. The summed E-state index contributed by atoms with van der Waals surface area (Å²) in [4.78, 5) is 2.39. The van der Waals surface area contributed by atoms with Crippen molar-refractivity contribution in [1.82, 2.24) is 4.90 Å². The van der Waals surface area contributed by atoms with Crippen molar-refractivity contribution >= 4 is 0 Å². The molecule has 1 aliphatic heterocycles. The topological polar surface area (TPSA) is 3.24 Å². The molecule has 70 valence electrons. The summed E-state index contributed by atoms with van der Waals surface area (Å²) in [6.07, 6.45) is 1.22. The van der Waals surface area contributed by atoms with Gasteiger partial charge in [0.25, 0.3) is 0 Å². The first kappa shape index (κ1) is 8.76. The van der Waals surface area contributed by atoms with Crippen molar-refractivity contribution in [3.8, 4) is 0 Å². The first-order valence-corrected chi connectivity index (χ1v) is 4.94. The van der Waals surface area contributed by atoms with Gasteiger partial charge in [-0.2, -0.15) is 0 Å². The fraction of sp³-hybridized carbons (Fsp3) is 0.500. The van der Waals surface area contributed by atoms with E-state index in [0.29, 0.717) is 0 Å². The third-order valence-corrected chi connectivity index (χ3v) is 3.02. The van der Waals surface area contributed by atoms with Gasteiger partial charge < -0.3 is 4.90 Å². The van der Waals surface area contributed by atoms with Gasteiger partial charge >= 0.3 is 0 Å². The molecule has 0 saturated carbocycles. The van der Waals surface area contributed by atoms with Gasteiger partial charge in [0.05, 0.1) is 0 Å². The second-order valence-electron chi connectivity index (χ2n) is 4.19. The van der Waals surface area contributed by atoms with E-state index in [1.54, 1.807) is 5.56 Å². The van der Waals surface area contributed by atoms with Gasteiger partial charge in [-0.05, 0) is 49.6 Å². The molecule has 0 saturated heterocycles. The fourth-order valence-electron chi connectivity index (χ4n) is 2.00. The molecule has 1 aromatic carbocycles. The predicted octanol–water partition coefficient (Wildman–Crippen LogP) is 2.29. The molecular formula is C12H17N. The van der Waals surface area contributed by atoms with Crippen molar-refractivity contribution in [1.29, 1.82) is 0 Å². The quantitative estimate of drug-likeness (QED) is 0.585. The average Bonchev–Trinajstić information content (AvgIpc) is 2.08. The van der Waals surface area contributed by atoms with E-state index in [-0.39, 0.29) is 0 Å². The van der Waals surface area contributed by atoms with Crippen LogP contribution in [0, 0.1) is 13.8 Å². The van der Waals surface area contributed by atoms with Gasteiger partial charge in [0.2, 0.25) is 0 Å². The van der Waals surface area contributed by atoms with Gasteiger partial charge in [-0.15, -0.1) is 0 Å². The Bertz CT molecular complexity index is 328. The Labute approximate surface area is 80.4 Å². The Morgan fingerprint density at radius 2 is 1.69 bits per heavy atom. The highest BCUT2D eigenvalue weighted by atomic mass is 15.1. The Hall–Kier alpha value is -0.820. The van der Waals surface area contributed by atoms with Crippen LogP contribution in [0.25, 0.3) is 0 Å². The second-order valence-corrected chi connectivity index (χ2v) is 4.19. The summed E-state index contributed by atoms with van der Waals surface area (Å²) in [6, 6.07) is 4.71. The minimum absolute atomic E-state index is 1.12. The standard InChI is InChI=1S/C12H17N/c1-9-6-11-4-5-13(3)8-12(11)7-10(9)2/h6-7H,4-5,8H2,1-3H3.